The number of benzene rings is 1. The summed E-state index contributed by atoms with van der Waals surface area (Å²) in [7, 11) is 0. The molecule has 0 saturated carbocycles. The summed E-state index contributed by atoms with van der Waals surface area (Å²) in [6, 6.07) is 9.03. The zero-order chi connectivity index (χ0) is 11.3. The van der Waals surface area contributed by atoms with Gasteiger partial charge in [-0.3, -0.25) is 0 Å². The number of anilines is 1. The van der Waals surface area contributed by atoms with E-state index in [2.05, 4.69) is 0 Å². The van der Waals surface area contributed by atoms with Crippen LogP contribution >= 0.6 is 0 Å². The van der Waals surface area contributed by atoms with Gasteiger partial charge in [0.25, 0.3) is 0 Å². The Morgan fingerprint density at radius 1 is 1.20 bits per heavy atom. The topological polar surface area (TPSA) is 49.6 Å². The molecule has 0 aliphatic rings. The second-order valence-electron chi connectivity index (χ2n) is 3.16. The summed E-state index contributed by atoms with van der Waals surface area (Å²) >= 11 is 0. The lowest BCUT2D eigenvalue weighted by molar-refractivity contribution is 0.210. The lowest BCUT2D eigenvalue weighted by Gasteiger charge is -2.25. The molecule has 82 valence electrons. The third kappa shape index (κ3) is 2.70. The number of carbonyl (C=O) groups excluding carboxylic acids is 1. The molecule has 1 aromatic rings. The fourth-order valence-electron chi connectivity index (χ4n) is 1.35. The molecule has 0 saturated heterocycles. The SMILES string of the molecule is CCN(CC)C(=O)N(N)c1ccccc1. The molecule has 2 amide bonds. The van der Waals surface area contributed by atoms with Crippen molar-refractivity contribution in [2.75, 3.05) is 18.1 Å². The highest BCUT2D eigenvalue weighted by atomic mass is 16.2. The van der Waals surface area contributed by atoms with Crippen LogP contribution in [0.1, 0.15) is 13.8 Å². The average Bonchev–Trinajstić information content (AvgIpc) is 2.30. The van der Waals surface area contributed by atoms with Crippen LogP contribution in [0.5, 0.6) is 0 Å². The largest absolute Gasteiger partial charge is 0.338 e. The van der Waals surface area contributed by atoms with Crippen LogP contribution in [0.4, 0.5) is 10.5 Å². The number of para-hydroxylation sites is 1. The zero-order valence-corrected chi connectivity index (χ0v) is 9.18. The number of hydrogen-bond acceptors (Lipinski definition) is 2. The van der Waals surface area contributed by atoms with Crippen LogP contribution in [0.3, 0.4) is 0 Å². The Balaban J connectivity index is 2.76. The molecule has 0 heterocycles. The molecule has 1 rings (SSSR count). The predicted molar refractivity (Wildman–Crippen MR) is 61.4 cm³/mol. The lowest BCUT2D eigenvalue weighted by atomic mass is 10.3. The standard InChI is InChI=1S/C11H17N3O/c1-3-13(4-2)11(15)14(12)10-8-6-5-7-9-10/h5-9H,3-4,12H2,1-2H3. The van der Waals surface area contributed by atoms with Gasteiger partial charge in [-0.1, -0.05) is 18.2 Å². The fourth-order valence-corrected chi connectivity index (χ4v) is 1.35. The van der Waals surface area contributed by atoms with Crippen molar-refractivity contribution in [1.29, 1.82) is 0 Å². The van der Waals surface area contributed by atoms with E-state index in [9.17, 15) is 4.79 Å². The van der Waals surface area contributed by atoms with Crippen LogP contribution in [0.2, 0.25) is 0 Å². The number of hydrogen-bond donors (Lipinski definition) is 1. The first-order valence-corrected chi connectivity index (χ1v) is 5.09. The molecule has 0 spiro atoms. The molecular formula is C11H17N3O. The maximum atomic E-state index is 11.8. The van der Waals surface area contributed by atoms with Crippen LogP contribution in [0.15, 0.2) is 30.3 Å². The van der Waals surface area contributed by atoms with Gasteiger partial charge in [0.15, 0.2) is 0 Å². The first-order valence-electron chi connectivity index (χ1n) is 5.09. The van der Waals surface area contributed by atoms with Gasteiger partial charge in [0.05, 0.1) is 5.69 Å². The Labute approximate surface area is 90.2 Å². The lowest BCUT2D eigenvalue weighted by Crippen LogP contribution is -2.47. The molecule has 15 heavy (non-hydrogen) atoms. The summed E-state index contributed by atoms with van der Waals surface area (Å²) in [4.78, 5) is 13.5. The first kappa shape index (κ1) is 11.5. The van der Waals surface area contributed by atoms with Gasteiger partial charge in [-0.2, -0.15) is 0 Å². The van der Waals surface area contributed by atoms with E-state index in [0.29, 0.717) is 18.8 Å². The van der Waals surface area contributed by atoms with Gasteiger partial charge in [-0.25, -0.2) is 15.6 Å². The Morgan fingerprint density at radius 3 is 2.20 bits per heavy atom. The molecular weight excluding hydrogens is 190 g/mol. The smallest absolute Gasteiger partial charge is 0.324 e. The van der Waals surface area contributed by atoms with E-state index in [1.807, 2.05) is 32.0 Å². The van der Waals surface area contributed by atoms with Crippen LogP contribution < -0.4 is 10.9 Å². The quantitative estimate of drug-likeness (QED) is 0.467. The summed E-state index contributed by atoms with van der Waals surface area (Å²) < 4.78 is 0. The van der Waals surface area contributed by atoms with Crippen LogP contribution in [-0.4, -0.2) is 24.0 Å². The van der Waals surface area contributed by atoms with Gasteiger partial charge in [0, 0.05) is 13.1 Å². The minimum Gasteiger partial charge on any atom is -0.324 e. The molecule has 0 bridgehead atoms. The van der Waals surface area contributed by atoms with Crippen molar-refractivity contribution in [3.8, 4) is 0 Å². The Bertz CT molecular complexity index is 309. The van der Waals surface area contributed by atoms with E-state index in [0.717, 1.165) is 0 Å². The van der Waals surface area contributed by atoms with E-state index >= 15 is 0 Å². The van der Waals surface area contributed by atoms with Gasteiger partial charge in [-0.15, -0.1) is 0 Å². The summed E-state index contributed by atoms with van der Waals surface area (Å²) in [6.45, 7) is 5.19. The summed E-state index contributed by atoms with van der Waals surface area (Å²) in [6.07, 6.45) is 0. The number of hydrazine groups is 1. The Hall–Kier alpha value is -1.55. The van der Waals surface area contributed by atoms with Gasteiger partial charge < -0.3 is 4.90 Å². The Morgan fingerprint density at radius 2 is 1.73 bits per heavy atom. The molecule has 0 fully saturated rings. The van der Waals surface area contributed by atoms with Gasteiger partial charge in [0.2, 0.25) is 0 Å². The van der Waals surface area contributed by atoms with Gasteiger partial charge in [0.1, 0.15) is 0 Å². The van der Waals surface area contributed by atoms with Crippen molar-refractivity contribution in [2.45, 2.75) is 13.8 Å². The maximum absolute atomic E-state index is 11.8. The number of amides is 2. The summed E-state index contributed by atoms with van der Waals surface area (Å²) in [5.74, 6) is 5.73. The van der Waals surface area contributed by atoms with E-state index in [-0.39, 0.29) is 6.03 Å². The van der Waals surface area contributed by atoms with E-state index in [1.165, 1.54) is 5.01 Å². The number of nitrogens with zero attached hydrogens (tertiary/aromatic N) is 2. The zero-order valence-electron chi connectivity index (χ0n) is 9.18. The van der Waals surface area contributed by atoms with Crippen LogP contribution in [-0.2, 0) is 0 Å². The summed E-state index contributed by atoms with van der Waals surface area (Å²) in [5, 5.41) is 1.17. The minimum absolute atomic E-state index is 0.175. The van der Waals surface area contributed by atoms with Crippen molar-refractivity contribution in [2.24, 2.45) is 5.84 Å². The van der Waals surface area contributed by atoms with Crippen molar-refractivity contribution in [3.05, 3.63) is 30.3 Å². The average molecular weight is 207 g/mol. The molecule has 0 aromatic heterocycles. The highest BCUT2D eigenvalue weighted by Crippen LogP contribution is 2.11. The predicted octanol–water partition coefficient (Wildman–Crippen LogP) is 1.83. The number of urea groups is 1. The number of rotatable bonds is 3. The second kappa shape index (κ2) is 5.36. The van der Waals surface area contributed by atoms with E-state index < -0.39 is 0 Å². The van der Waals surface area contributed by atoms with Gasteiger partial charge >= 0.3 is 6.03 Å². The highest BCUT2D eigenvalue weighted by molar-refractivity contribution is 5.90. The van der Waals surface area contributed by atoms with Crippen molar-refractivity contribution in [1.82, 2.24) is 4.90 Å². The Kier molecular flexibility index (Phi) is 4.12. The molecule has 0 radical (unpaired) electrons. The number of carbonyl (C=O) groups is 1. The van der Waals surface area contributed by atoms with Crippen LogP contribution in [0, 0.1) is 0 Å². The molecule has 4 heteroatoms. The molecule has 4 nitrogen and oxygen atoms in total. The van der Waals surface area contributed by atoms with E-state index in [1.54, 1.807) is 17.0 Å². The normalized spacial score (nSPS) is 9.80. The van der Waals surface area contributed by atoms with Crippen molar-refractivity contribution < 1.29 is 4.79 Å². The minimum atomic E-state index is -0.175. The molecule has 0 aliphatic carbocycles. The van der Waals surface area contributed by atoms with Crippen molar-refractivity contribution >= 4 is 11.7 Å². The molecule has 0 unspecified atom stereocenters. The molecule has 1 aromatic carbocycles. The fraction of sp³-hybridized carbons (Fsp3) is 0.364. The molecule has 0 atom stereocenters. The maximum Gasteiger partial charge on any atom is 0.338 e. The summed E-state index contributed by atoms with van der Waals surface area (Å²) in [5.41, 5.74) is 0.703. The second-order valence-corrected chi connectivity index (χ2v) is 3.16. The molecule has 2 N–H and O–H groups in total. The van der Waals surface area contributed by atoms with Gasteiger partial charge in [-0.05, 0) is 26.0 Å². The highest BCUT2D eigenvalue weighted by Gasteiger charge is 2.16. The third-order valence-corrected chi connectivity index (χ3v) is 2.27. The molecule has 0 aliphatic heterocycles. The van der Waals surface area contributed by atoms with E-state index in [4.69, 9.17) is 5.84 Å². The monoisotopic (exact) mass is 207 g/mol. The first-order chi connectivity index (χ1) is 7.20. The van der Waals surface area contributed by atoms with Crippen LogP contribution in [0.25, 0.3) is 0 Å². The third-order valence-electron chi connectivity index (χ3n) is 2.27. The number of nitrogens with two attached hydrogens (primary N) is 1. The van der Waals surface area contributed by atoms with Crippen molar-refractivity contribution in [3.63, 3.8) is 0 Å².